The Labute approximate surface area is 308 Å². The molecule has 0 aliphatic heterocycles. The van der Waals surface area contributed by atoms with Gasteiger partial charge in [0.1, 0.15) is 11.2 Å². The fraction of sp³-hybridized carbons (Fsp3) is 0.0588. The molecule has 250 valence electrons. The fourth-order valence-corrected chi connectivity index (χ4v) is 9.21. The van der Waals surface area contributed by atoms with Crippen LogP contribution in [0.3, 0.4) is 0 Å². The summed E-state index contributed by atoms with van der Waals surface area (Å²) in [5.41, 5.74) is 17.6. The van der Waals surface area contributed by atoms with Crippen molar-refractivity contribution in [2.24, 2.45) is 0 Å². The van der Waals surface area contributed by atoms with E-state index in [2.05, 4.69) is 188 Å². The second-order valence-electron chi connectivity index (χ2n) is 14.9. The molecule has 1 aliphatic rings. The van der Waals surface area contributed by atoms with Crippen LogP contribution in [0.2, 0.25) is 0 Å². The Morgan fingerprint density at radius 3 is 1.89 bits per heavy atom. The zero-order valence-corrected chi connectivity index (χ0v) is 29.6. The molecule has 0 bridgehead atoms. The van der Waals surface area contributed by atoms with Crippen molar-refractivity contribution >= 4 is 43.7 Å². The number of nitrogens with zero attached hydrogens (tertiary/aromatic N) is 1. The maximum Gasteiger partial charge on any atom is 0.143 e. The Morgan fingerprint density at radius 2 is 1.06 bits per heavy atom. The summed E-state index contributed by atoms with van der Waals surface area (Å²) in [7, 11) is 0. The summed E-state index contributed by atoms with van der Waals surface area (Å²) in [4.78, 5) is 0. The molecule has 53 heavy (non-hydrogen) atoms. The van der Waals surface area contributed by atoms with E-state index in [4.69, 9.17) is 4.42 Å². The summed E-state index contributed by atoms with van der Waals surface area (Å²) in [6.45, 7) is 4.78. The minimum atomic E-state index is -0.183. The van der Waals surface area contributed by atoms with Crippen LogP contribution in [0, 0.1) is 0 Å². The molecule has 8 aromatic carbocycles. The van der Waals surface area contributed by atoms with Crippen molar-refractivity contribution in [3.8, 4) is 50.2 Å². The molecule has 0 amide bonds. The summed E-state index contributed by atoms with van der Waals surface area (Å²) in [6, 6.07) is 64.1. The van der Waals surface area contributed by atoms with Gasteiger partial charge in [-0.25, -0.2) is 0 Å². The quantitative estimate of drug-likeness (QED) is 0.181. The van der Waals surface area contributed by atoms with Gasteiger partial charge in [0, 0.05) is 38.2 Å². The monoisotopic (exact) mass is 677 g/mol. The first-order valence-corrected chi connectivity index (χ1v) is 18.4. The van der Waals surface area contributed by atoms with Crippen LogP contribution >= 0.6 is 0 Å². The van der Waals surface area contributed by atoms with E-state index in [-0.39, 0.29) is 5.41 Å². The minimum Gasteiger partial charge on any atom is -0.455 e. The van der Waals surface area contributed by atoms with Gasteiger partial charge in [0.2, 0.25) is 0 Å². The van der Waals surface area contributed by atoms with E-state index >= 15 is 0 Å². The molecule has 1 aliphatic carbocycles. The maximum absolute atomic E-state index is 6.66. The molecule has 11 rings (SSSR count). The lowest BCUT2D eigenvalue weighted by Gasteiger charge is -2.24. The Morgan fingerprint density at radius 1 is 0.434 bits per heavy atom. The van der Waals surface area contributed by atoms with Crippen molar-refractivity contribution in [1.82, 2.24) is 4.57 Å². The van der Waals surface area contributed by atoms with Crippen LogP contribution in [0.15, 0.2) is 180 Å². The summed E-state index contributed by atoms with van der Waals surface area (Å²) < 4.78 is 9.20. The summed E-state index contributed by atoms with van der Waals surface area (Å²) in [6.07, 6.45) is 0. The largest absolute Gasteiger partial charge is 0.455 e. The van der Waals surface area contributed by atoms with Gasteiger partial charge in [-0.15, -0.1) is 0 Å². The zero-order chi connectivity index (χ0) is 35.3. The number of rotatable bonds is 4. The predicted molar refractivity (Wildman–Crippen MR) is 222 cm³/mol. The van der Waals surface area contributed by atoms with Crippen LogP contribution < -0.4 is 0 Å². The van der Waals surface area contributed by atoms with E-state index in [1.54, 1.807) is 0 Å². The van der Waals surface area contributed by atoms with Crippen molar-refractivity contribution < 1.29 is 4.42 Å². The molecular formula is C51H35NO. The van der Waals surface area contributed by atoms with Crippen molar-refractivity contribution in [1.29, 1.82) is 0 Å². The normalized spacial score (nSPS) is 13.2. The number of aromatic nitrogens is 1. The third kappa shape index (κ3) is 4.33. The second kappa shape index (κ2) is 11.2. The van der Waals surface area contributed by atoms with E-state index in [9.17, 15) is 0 Å². The van der Waals surface area contributed by atoms with E-state index in [0.717, 1.165) is 44.3 Å². The van der Waals surface area contributed by atoms with E-state index in [1.807, 2.05) is 6.07 Å². The number of furan rings is 1. The molecule has 0 atom stereocenters. The number of hydrogen-bond acceptors (Lipinski definition) is 1. The number of fused-ring (bicyclic) bond motifs is 10. The number of para-hydroxylation sites is 3. The van der Waals surface area contributed by atoms with Crippen molar-refractivity contribution in [2.75, 3.05) is 0 Å². The van der Waals surface area contributed by atoms with Crippen molar-refractivity contribution in [2.45, 2.75) is 19.3 Å². The molecule has 2 heterocycles. The van der Waals surface area contributed by atoms with Gasteiger partial charge >= 0.3 is 0 Å². The summed E-state index contributed by atoms with van der Waals surface area (Å²) >= 11 is 0. The number of benzene rings is 8. The first-order valence-electron chi connectivity index (χ1n) is 18.4. The molecule has 10 aromatic rings. The van der Waals surface area contributed by atoms with Gasteiger partial charge in [-0.2, -0.15) is 0 Å². The summed E-state index contributed by atoms with van der Waals surface area (Å²) in [5.74, 6) is 0. The SMILES string of the molecule is CC1(C)c2ccccc2-c2ccc3c4ccccc4n(-c4cc(-c5ccccc5-c5ccccc5)cc(-c5cccc6c5oc5ccccc56)c4)c3c21. The average Bonchev–Trinajstić information content (AvgIpc) is 3.84. The first kappa shape index (κ1) is 30.0. The van der Waals surface area contributed by atoms with Crippen LogP contribution in [0.5, 0.6) is 0 Å². The standard InChI is InChI=1S/C51H35NO/c1-51(2)45-24-11-8-19-39(45)42-27-28-43-40-20-9-12-25-46(40)52(49(43)48(42)51)35-30-33(37-18-7-6-17-36(37)32-15-4-3-5-16-32)29-34(31-35)38-22-14-23-44-41-21-10-13-26-47(41)53-50(38)44/h3-31H,1-2H3. The van der Waals surface area contributed by atoms with Crippen LogP contribution in [0.4, 0.5) is 0 Å². The van der Waals surface area contributed by atoms with E-state index < -0.39 is 0 Å². The van der Waals surface area contributed by atoms with Gasteiger partial charge in [0.05, 0.1) is 11.0 Å². The fourth-order valence-electron chi connectivity index (χ4n) is 9.21. The highest BCUT2D eigenvalue weighted by molar-refractivity contribution is 6.14. The van der Waals surface area contributed by atoms with E-state index in [0.29, 0.717) is 0 Å². The molecule has 2 heteroatoms. The smallest absolute Gasteiger partial charge is 0.143 e. The van der Waals surface area contributed by atoms with E-state index in [1.165, 1.54) is 60.8 Å². The summed E-state index contributed by atoms with van der Waals surface area (Å²) in [5, 5.41) is 4.79. The lowest BCUT2D eigenvalue weighted by atomic mass is 9.81. The maximum atomic E-state index is 6.66. The molecule has 0 spiro atoms. The predicted octanol–water partition coefficient (Wildman–Crippen LogP) is 14.0. The highest BCUT2D eigenvalue weighted by Crippen LogP contribution is 2.53. The first-order chi connectivity index (χ1) is 26.1. The topological polar surface area (TPSA) is 18.1 Å². The molecule has 2 aromatic heterocycles. The Hall–Kier alpha value is -6.64. The van der Waals surface area contributed by atoms with Gasteiger partial charge < -0.3 is 8.98 Å². The molecule has 0 N–H and O–H groups in total. The second-order valence-corrected chi connectivity index (χ2v) is 14.9. The Kier molecular flexibility index (Phi) is 6.33. The van der Waals surface area contributed by atoms with Gasteiger partial charge in [0.15, 0.2) is 0 Å². The molecule has 0 saturated carbocycles. The lowest BCUT2D eigenvalue weighted by Crippen LogP contribution is -2.16. The third-order valence-electron chi connectivity index (χ3n) is 11.6. The molecule has 0 fully saturated rings. The number of hydrogen-bond donors (Lipinski definition) is 0. The van der Waals surface area contributed by atoms with Crippen LogP contribution in [-0.4, -0.2) is 4.57 Å². The molecule has 2 nitrogen and oxygen atoms in total. The van der Waals surface area contributed by atoms with Crippen molar-refractivity contribution in [3.63, 3.8) is 0 Å². The van der Waals surface area contributed by atoms with Gasteiger partial charge in [-0.05, 0) is 80.4 Å². The molecule has 0 saturated heterocycles. The van der Waals surface area contributed by atoms with Gasteiger partial charge in [-0.1, -0.05) is 159 Å². The Bertz CT molecular complexity index is 3080. The van der Waals surface area contributed by atoms with Gasteiger partial charge in [0.25, 0.3) is 0 Å². The highest BCUT2D eigenvalue weighted by atomic mass is 16.3. The zero-order valence-electron chi connectivity index (χ0n) is 29.6. The molecular weight excluding hydrogens is 643 g/mol. The van der Waals surface area contributed by atoms with Crippen LogP contribution in [0.1, 0.15) is 25.0 Å². The van der Waals surface area contributed by atoms with Crippen LogP contribution in [-0.2, 0) is 5.41 Å². The molecule has 0 radical (unpaired) electrons. The van der Waals surface area contributed by atoms with Crippen LogP contribution in [0.25, 0.3) is 93.9 Å². The average molecular weight is 678 g/mol. The highest BCUT2D eigenvalue weighted by Gasteiger charge is 2.38. The third-order valence-corrected chi connectivity index (χ3v) is 11.6. The molecule has 0 unspecified atom stereocenters. The lowest BCUT2D eigenvalue weighted by molar-refractivity contribution is 0.664. The Balaban J connectivity index is 1.27. The van der Waals surface area contributed by atoms with Gasteiger partial charge in [-0.3, -0.25) is 0 Å². The minimum absolute atomic E-state index is 0.183. The van der Waals surface area contributed by atoms with Crippen molar-refractivity contribution in [3.05, 3.63) is 187 Å².